The highest BCUT2D eigenvalue weighted by molar-refractivity contribution is 5.98. The monoisotopic (exact) mass is 274 g/mol. The molecule has 0 aromatic heterocycles. The van der Waals surface area contributed by atoms with E-state index in [1.165, 1.54) is 0 Å². The van der Waals surface area contributed by atoms with Crippen LogP contribution in [0.15, 0.2) is 29.4 Å². The molecule has 0 aliphatic heterocycles. The van der Waals surface area contributed by atoms with Gasteiger partial charge in [0.05, 0.1) is 0 Å². The van der Waals surface area contributed by atoms with Crippen LogP contribution in [0.5, 0.6) is 17.2 Å². The summed E-state index contributed by atoms with van der Waals surface area (Å²) in [5.41, 5.74) is 3.39. The first kappa shape index (κ1) is 12.5. The number of phenols is 3. The van der Waals surface area contributed by atoms with Crippen molar-refractivity contribution in [1.82, 2.24) is 5.43 Å². The van der Waals surface area contributed by atoms with Crippen LogP contribution in [0.1, 0.15) is 23.2 Å². The molecule has 1 fully saturated rings. The van der Waals surface area contributed by atoms with Crippen molar-refractivity contribution < 1.29 is 20.1 Å². The van der Waals surface area contributed by atoms with Gasteiger partial charge in [-0.25, -0.2) is 5.43 Å². The van der Waals surface area contributed by atoms with E-state index in [0.29, 0.717) is 11.8 Å². The Kier molecular flexibility index (Phi) is 2.85. The molecule has 4 N–H and O–H groups in total. The molecule has 1 saturated carbocycles. The van der Waals surface area contributed by atoms with Gasteiger partial charge < -0.3 is 15.3 Å². The minimum Gasteiger partial charge on any atom is -0.504 e. The summed E-state index contributed by atoms with van der Waals surface area (Å²) >= 11 is 0. The van der Waals surface area contributed by atoms with Crippen molar-refractivity contribution in [2.75, 3.05) is 0 Å². The predicted molar refractivity (Wildman–Crippen MR) is 71.7 cm³/mol. The highest BCUT2D eigenvalue weighted by Gasteiger charge is 2.38. The second kappa shape index (κ2) is 4.56. The average Bonchev–Trinajstić information content (AvgIpc) is 2.77. The van der Waals surface area contributed by atoms with Crippen molar-refractivity contribution in [2.24, 2.45) is 16.9 Å². The zero-order chi connectivity index (χ0) is 14.3. The molecule has 0 saturated heterocycles. The molecule has 1 amide bonds. The van der Waals surface area contributed by atoms with E-state index < -0.39 is 23.2 Å². The van der Waals surface area contributed by atoms with Crippen molar-refractivity contribution in [1.29, 1.82) is 0 Å². The summed E-state index contributed by atoms with van der Waals surface area (Å²) in [6.07, 6.45) is 6.10. The van der Waals surface area contributed by atoms with Gasteiger partial charge in [-0.15, -0.1) is 0 Å². The lowest BCUT2D eigenvalue weighted by molar-refractivity contribution is 0.0953. The van der Waals surface area contributed by atoms with Crippen LogP contribution in [0, 0.1) is 11.8 Å². The quantitative estimate of drug-likeness (QED) is 0.372. The van der Waals surface area contributed by atoms with E-state index in [4.69, 9.17) is 0 Å². The van der Waals surface area contributed by atoms with E-state index in [9.17, 15) is 20.1 Å². The Bertz CT molecular complexity index is 613. The van der Waals surface area contributed by atoms with E-state index in [2.05, 4.69) is 22.7 Å². The molecule has 6 heteroatoms. The standard InChI is InChI=1S/C14H14N2O4/c17-11-5-8(6-12(18)13(11)19)14(20)16-15-10-4-7-2-1-3-9(7)10/h1-2,5-7,9,17-19H,3-4H2,(H,16,20)/b15-10-. The largest absolute Gasteiger partial charge is 0.504 e. The number of nitrogens with one attached hydrogen (secondary N) is 1. The van der Waals surface area contributed by atoms with Crippen molar-refractivity contribution in [3.05, 3.63) is 29.8 Å². The third-order valence-electron chi connectivity index (χ3n) is 3.80. The molecule has 20 heavy (non-hydrogen) atoms. The molecule has 2 unspecified atom stereocenters. The van der Waals surface area contributed by atoms with Crippen molar-refractivity contribution in [3.63, 3.8) is 0 Å². The number of fused-ring (bicyclic) bond motifs is 1. The summed E-state index contributed by atoms with van der Waals surface area (Å²) in [6.45, 7) is 0. The lowest BCUT2D eigenvalue weighted by atomic mass is 9.74. The third-order valence-corrected chi connectivity index (χ3v) is 3.80. The Morgan fingerprint density at radius 3 is 2.60 bits per heavy atom. The van der Waals surface area contributed by atoms with Gasteiger partial charge in [-0.1, -0.05) is 12.2 Å². The van der Waals surface area contributed by atoms with E-state index in [0.717, 1.165) is 30.7 Å². The summed E-state index contributed by atoms with van der Waals surface area (Å²) in [6, 6.07) is 2.15. The number of rotatable bonds is 2. The average molecular weight is 274 g/mol. The smallest absolute Gasteiger partial charge is 0.271 e. The van der Waals surface area contributed by atoms with Gasteiger partial charge in [-0.3, -0.25) is 4.79 Å². The van der Waals surface area contributed by atoms with Crippen LogP contribution in [0.4, 0.5) is 0 Å². The second-order valence-electron chi connectivity index (χ2n) is 5.05. The molecule has 1 aromatic carbocycles. The molecule has 0 radical (unpaired) electrons. The second-order valence-corrected chi connectivity index (χ2v) is 5.05. The number of hydrogen-bond donors (Lipinski definition) is 4. The molecular weight excluding hydrogens is 260 g/mol. The minimum absolute atomic E-state index is 0.0302. The zero-order valence-electron chi connectivity index (χ0n) is 10.6. The molecule has 0 heterocycles. The van der Waals surface area contributed by atoms with Gasteiger partial charge in [0.25, 0.3) is 5.91 Å². The first-order valence-corrected chi connectivity index (χ1v) is 6.34. The van der Waals surface area contributed by atoms with E-state index in [-0.39, 0.29) is 5.56 Å². The summed E-state index contributed by atoms with van der Waals surface area (Å²) < 4.78 is 0. The Balaban J connectivity index is 1.70. The molecule has 0 spiro atoms. The van der Waals surface area contributed by atoms with Crippen LogP contribution in [0.25, 0.3) is 0 Å². The first-order valence-electron chi connectivity index (χ1n) is 6.34. The van der Waals surface area contributed by atoms with Crippen LogP contribution in [-0.4, -0.2) is 26.9 Å². The van der Waals surface area contributed by atoms with Crippen LogP contribution in [-0.2, 0) is 0 Å². The van der Waals surface area contributed by atoms with Crippen LogP contribution >= 0.6 is 0 Å². The van der Waals surface area contributed by atoms with Gasteiger partial charge in [0.15, 0.2) is 17.2 Å². The molecule has 1 aromatic rings. The van der Waals surface area contributed by atoms with Gasteiger partial charge in [-0.2, -0.15) is 5.10 Å². The molecular formula is C14H14N2O4. The fraction of sp³-hybridized carbons (Fsp3) is 0.286. The highest BCUT2D eigenvalue weighted by atomic mass is 16.3. The van der Waals surface area contributed by atoms with Gasteiger partial charge in [0.1, 0.15) is 0 Å². The summed E-state index contributed by atoms with van der Waals surface area (Å²) in [5, 5.41) is 32.0. The summed E-state index contributed by atoms with van der Waals surface area (Å²) in [5.74, 6) is -1.34. The van der Waals surface area contributed by atoms with Gasteiger partial charge in [0, 0.05) is 17.2 Å². The van der Waals surface area contributed by atoms with Gasteiger partial charge >= 0.3 is 0 Å². The van der Waals surface area contributed by atoms with E-state index >= 15 is 0 Å². The SMILES string of the molecule is O=C(N/N=C1/CC2C=CCC12)c1cc(O)c(O)c(O)c1. The normalized spacial score (nSPS) is 25.3. The number of phenolic OH excluding ortho intramolecular Hbond substituents is 3. The maximum absolute atomic E-state index is 11.9. The van der Waals surface area contributed by atoms with Gasteiger partial charge in [-0.05, 0) is 30.9 Å². The maximum atomic E-state index is 11.9. The Labute approximate surface area is 115 Å². The fourth-order valence-corrected chi connectivity index (χ4v) is 2.59. The molecule has 3 rings (SSSR count). The molecule has 6 nitrogen and oxygen atoms in total. The first-order chi connectivity index (χ1) is 9.56. The highest BCUT2D eigenvalue weighted by Crippen LogP contribution is 2.40. The molecule has 2 atom stereocenters. The fourth-order valence-electron chi connectivity index (χ4n) is 2.59. The number of hydrazone groups is 1. The van der Waals surface area contributed by atoms with E-state index in [1.807, 2.05) is 0 Å². The Hall–Kier alpha value is -2.50. The number of carbonyl (C=O) groups is 1. The van der Waals surface area contributed by atoms with Crippen LogP contribution in [0.3, 0.4) is 0 Å². The lowest BCUT2D eigenvalue weighted by Crippen LogP contribution is -2.35. The number of hydrogen-bond acceptors (Lipinski definition) is 5. The van der Waals surface area contributed by atoms with Crippen molar-refractivity contribution in [3.8, 4) is 17.2 Å². The molecule has 2 aliphatic rings. The molecule has 104 valence electrons. The van der Waals surface area contributed by atoms with Crippen molar-refractivity contribution >= 4 is 11.6 Å². The minimum atomic E-state index is -0.647. The zero-order valence-corrected chi connectivity index (χ0v) is 10.6. The van der Waals surface area contributed by atoms with Crippen molar-refractivity contribution in [2.45, 2.75) is 12.8 Å². The number of amides is 1. The van der Waals surface area contributed by atoms with Gasteiger partial charge in [0.2, 0.25) is 0 Å². The summed E-state index contributed by atoms with van der Waals surface area (Å²) in [7, 11) is 0. The molecule has 2 aliphatic carbocycles. The molecule has 0 bridgehead atoms. The predicted octanol–water partition coefficient (Wildman–Crippen LogP) is 1.49. The number of aromatic hydroxyl groups is 3. The number of nitrogens with zero attached hydrogens (tertiary/aromatic N) is 1. The maximum Gasteiger partial charge on any atom is 0.271 e. The van der Waals surface area contributed by atoms with Crippen LogP contribution in [0.2, 0.25) is 0 Å². The number of allylic oxidation sites excluding steroid dienone is 2. The number of carbonyl (C=O) groups excluding carboxylic acids is 1. The lowest BCUT2D eigenvalue weighted by Gasteiger charge is -2.31. The summed E-state index contributed by atoms with van der Waals surface area (Å²) in [4.78, 5) is 11.9. The third kappa shape index (κ3) is 1.99. The topological polar surface area (TPSA) is 102 Å². The van der Waals surface area contributed by atoms with E-state index in [1.54, 1.807) is 0 Å². The Morgan fingerprint density at radius 1 is 1.25 bits per heavy atom. The van der Waals surface area contributed by atoms with Crippen LogP contribution < -0.4 is 5.43 Å². The number of benzene rings is 1. The Morgan fingerprint density at radius 2 is 1.95 bits per heavy atom.